The molecule has 0 radical (unpaired) electrons. The van der Waals surface area contributed by atoms with Crippen molar-refractivity contribution in [3.8, 4) is 0 Å². The molecule has 0 rings (SSSR count). The van der Waals surface area contributed by atoms with E-state index in [0.717, 1.165) is 0 Å². The number of rotatable bonds is 2. The van der Waals surface area contributed by atoms with Crippen LogP contribution in [0.3, 0.4) is 0 Å². The zero-order chi connectivity index (χ0) is 7.65. The average Bonchev–Trinajstić information content (AvgIpc) is 1.65. The number of hydrogen-bond acceptors (Lipinski definition) is 2. The minimum Gasteiger partial charge on any atom is -0.259 e. The first kappa shape index (κ1) is 8.12. The summed E-state index contributed by atoms with van der Waals surface area (Å²) < 4.78 is 44.2. The summed E-state index contributed by atoms with van der Waals surface area (Å²) >= 11 is 0. The van der Waals surface area contributed by atoms with Crippen LogP contribution in [0.15, 0.2) is 0 Å². The number of halogens is 4. The molecule has 0 aliphatic rings. The Labute approximate surface area is 46.4 Å². The van der Waals surface area contributed by atoms with E-state index in [1.54, 1.807) is 0 Å². The van der Waals surface area contributed by atoms with Gasteiger partial charge in [0.25, 0.3) is 0 Å². The summed E-state index contributed by atoms with van der Waals surface area (Å²) in [5.74, 6) is 0. The number of alkyl halides is 4. The van der Waals surface area contributed by atoms with E-state index in [2.05, 4.69) is 0 Å². The van der Waals surface area contributed by atoms with E-state index in [1.165, 1.54) is 0 Å². The number of nitro groups is 1. The summed E-state index contributed by atoms with van der Waals surface area (Å²) in [6.45, 7) is 0. The first-order chi connectivity index (χ1) is 3.89. The van der Waals surface area contributed by atoms with Gasteiger partial charge in [0, 0.05) is 0 Å². The maximum absolute atomic E-state index is 11.2. The first-order valence-corrected chi connectivity index (χ1v) is 1.69. The van der Waals surface area contributed by atoms with Crippen LogP contribution in [0, 0.1) is 10.1 Å². The molecule has 0 amide bonds. The van der Waals surface area contributed by atoms with Gasteiger partial charge in [0.05, 0.1) is 0 Å². The molecule has 0 aromatic heterocycles. The summed E-state index contributed by atoms with van der Waals surface area (Å²) in [5.41, 5.74) is 0. The van der Waals surface area contributed by atoms with Gasteiger partial charge >= 0.3 is 12.5 Å². The Morgan fingerprint density at radius 2 is 1.78 bits per heavy atom. The van der Waals surface area contributed by atoms with Crippen LogP contribution >= 0.6 is 0 Å². The van der Waals surface area contributed by atoms with Gasteiger partial charge in [-0.2, -0.15) is 8.78 Å². The topological polar surface area (TPSA) is 43.1 Å². The summed E-state index contributed by atoms with van der Waals surface area (Å²) in [5, 5.41) is 9.04. The normalized spacial score (nSPS) is 12.1. The molecular formula is C2HF4NO2. The summed E-state index contributed by atoms with van der Waals surface area (Å²) in [6.07, 6.45) is -4.24. The van der Waals surface area contributed by atoms with Crippen molar-refractivity contribution in [2.75, 3.05) is 0 Å². The highest BCUT2D eigenvalue weighted by atomic mass is 19.3. The van der Waals surface area contributed by atoms with E-state index < -0.39 is 17.4 Å². The second-order valence-corrected chi connectivity index (χ2v) is 1.15. The molecule has 0 aromatic rings. The average molecular weight is 147 g/mol. The Balaban J connectivity index is 4.19. The van der Waals surface area contributed by atoms with Gasteiger partial charge in [0.15, 0.2) is 0 Å². The predicted molar refractivity (Wildman–Crippen MR) is 17.9 cm³/mol. The third-order valence-corrected chi connectivity index (χ3v) is 0.506. The van der Waals surface area contributed by atoms with Crippen molar-refractivity contribution in [2.24, 2.45) is 0 Å². The molecule has 0 N–H and O–H groups in total. The Bertz CT molecular complexity index is 124. The summed E-state index contributed by atoms with van der Waals surface area (Å²) in [7, 11) is 0. The van der Waals surface area contributed by atoms with E-state index in [9.17, 15) is 17.6 Å². The second kappa shape index (κ2) is 2.16. The molecular weight excluding hydrogens is 146 g/mol. The van der Waals surface area contributed by atoms with Gasteiger partial charge in [0.1, 0.15) is 4.92 Å². The molecule has 0 unspecified atom stereocenters. The van der Waals surface area contributed by atoms with Crippen LogP contribution in [-0.2, 0) is 0 Å². The van der Waals surface area contributed by atoms with Crippen LogP contribution in [0.2, 0.25) is 0 Å². The molecule has 3 nitrogen and oxygen atoms in total. The van der Waals surface area contributed by atoms with Crippen molar-refractivity contribution in [2.45, 2.75) is 12.5 Å². The molecule has 0 fully saturated rings. The molecule has 0 aliphatic carbocycles. The van der Waals surface area contributed by atoms with Gasteiger partial charge in [-0.3, -0.25) is 10.1 Å². The van der Waals surface area contributed by atoms with Crippen LogP contribution in [-0.4, -0.2) is 17.4 Å². The van der Waals surface area contributed by atoms with Crippen LogP contribution < -0.4 is 0 Å². The first-order valence-electron chi connectivity index (χ1n) is 1.69. The zero-order valence-corrected chi connectivity index (χ0v) is 3.85. The SMILES string of the molecule is O=[N+]([O-])C(F)(F)C(F)F. The molecule has 0 bridgehead atoms. The molecule has 0 spiro atoms. The Kier molecular flexibility index (Phi) is 1.95. The maximum atomic E-state index is 11.2. The molecule has 54 valence electrons. The van der Waals surface area contributed by atoms with Crippen molar-refractivity contribution < 1.29 is 22.5 Å². The van der Waals surface area contributed by atoms with Crippen molar-refractivity contribution in [1.82, 2.24) is 0 Å². The minimum absolute atomic E-state index is 2.32. The van der Waals surface area contributed by atoms with Crippen molar-refractivity contribution in [1.29, 1.82) is 0 Å². The third-order valence-electron chi connectivity index (χ3n) is 0.506. The third kappa shape index (κ3) is 1.51. The van der Waals surface area contributed by atoms with Gasteiger partial charge in [-0.25, -0.2) is 0 Å². The smallest absolute Gasteiger partial charge is 0.259 e. The van der Waals surface area contributed by atoms with Crippen molar-refractivity contribution in [3.63, 3.8) is 0 Å². The lowest BCUT2D eigenvalue weighted by Crippen LogP contribution is -2.35. The van der Waals surface area contributed by atoms with Crippen molar-refractivity contribution >= 4 is 0 Å². The van der Waals surface area contributed by atoms with Gasteiger partial charge in [-0.05, 0) is 0 Å². The minimum atomic E-state index is -5.11. The Morgan fingerprint density at radius 3 is 1.78 bits per heavy atom. The standard InChI is InChI=1S/C2HF4NO2/c3-1(4)2(5,6)7(8)9/h1H. The van der Waals surface area contributed by atoms with Crippen LogP contribution in [0.1, 0.15) is 0 Å². The lowest BCUT2D eigenvalue weighted by Gasteiger charge is -2.03. The van der Waals surface area contributed by atoms with E-state index in [1.807, 2.05) is 0 Å². The molecule has 7 heteroatoms. The number of hydrogen-bond donors (Lipinski definition) is 0. The van der Waals surface area contributed by atoms with Crippen LogP contribution in [0.25, 0.3) is 0 Å². The van der Waals surface area contributed by atoms with E-state index >= 15 is 0 Å². The highest BCUT2D eigenvalue weighted by Gasteiger charge is 2.54. The quantitative estimate of drug-likeness (QED) is 0.254. The van der Waals surface area contributed by atoms with Crippen LogP contribution in [0.5, 0.6) is 0 Å². The molecule has 0 aromatic carbocycles. The second-order valence-electron chi connectivity index (χ2n) is 1.15. The van der Waals surface area contributed by atoms with Gasteiger partial charge < -0.3 is 0 Å². The van der Waals surface area contributed by atoms with Crippen molar-refractivity contribution in [3.05, 3.63) is 10.1 Å². The highest BCUT2D eigenvalue weighted by molar-refractivity contribution is 4.51. The molecule has 0 atom stereocenters. The lowest BCUT2D eigenvalue weighted by atomic mass is 10.6. The Hall–Kier alpha value is -0.880. The van der Waals surface area contributed by atoms with E-state index in [0.29, 0.717) is 0 Å². The van der Waals surface area contributed by atoms with Gasteiger partial charge in [-0.15, -0.1) is 8.78 Å². The molecule has 0 heterocycles. The Morgan fingerprint density at radius 1 is 1.44 bits per heavy atom. The fourth-order valence-corrected chi connectivity index (χ4v) is 0.0797. The lowest BCUT2D eigenvalue weighted by molar-refractivity contribution is -0.660. The maximum Gasteiger partial charge on any atom is 0.572 e. The molecule has 0 saturated heterocycles. The summed E-state index contributed by atoms with van der Waals surface area (Å²) in [4.78, 5) is 6.72. The summed E-state index contributed by atoms with van der Waals surface area (Å²) in [6, 6.07) is -5.11. The van der Waals surface area contributed by atoms with E-state index in [4.69, 9.17) is 10.1 Å². The fraction of sp³-hybridized carbons (Fsp3) is 1.00. The highest BCUT2D eigenvalue weighted by Crippen LogP contribution is 2.22. The molecule has 9 heavy (non-hydrogen) atoms. The van der Waals surface area contributed by atoms with E-state index in [-0.39, 0.29) is 0 Å². The fourth-order valence-electron chi connectivity index (χ4n) is 0.0797. The van der Waals surface area contributed by atoms with Crippen LogP contribution in [0.4, 0.5) is 17.6 Å². The molecule has 0 saturated carbocycles. The van der Waals surface area contributed by atoms with Gasteiger partial charge in [-0.1, -0.05) is 0 Å². The zero-order valence-electron chi connectivity index (χ0n) is 3.85. The predicted octanol–water partition coefficient (Wildman–Crippen LogP) is 1.12. The monoisotopic (exact) mass is 147 g/mol. The number of nitrogens with zero attached hydrogens (tertiary/aromatic N) is 1. The molecule has 0 aliphatic heterocycles. The largest absolute Gasteiger partial charge is 0.572 e. The van der Waals surface area contributed by atoms with Gasteiger partial charge in [0.2, 0.25) is 0 Å².